The van der Waals surface area contributed by atoms with E-state index in [0.717, 1.165) is 25.8 Å². The fourth-order valence-electron chi connectivity index (χ4n) is 3.02. The van der Waals surface area contributed by atoms with Crippen molar-refractivity contribution >= 4 is 55.7 Å². The molecule has 0 bridgehead atoms. The topological polar surface area (TPSA) is 94.3 Å². The summed E-state index contributed by atoms with van der Waals surface area (Å²) in [6.45, 7) is 0. The third-order valence-corrected chi connectivity index (χ3v) is 6.52. The summed E-state index contributed by atoms with van der Waals surface area (Å²) in [5, 5.41) is 13.3. The first-order valence-electron chi connectivity index (χ1n) is 9.95. The molecule has 0 fully saturated rings. The Morgan fingerprint density at radius 2 is 1.82 bits per heavy atom. The molecule has 4 rings (SSSR count). The van der Waals surface area contributed by atoms with Gasteiger partial charge in [0.25, 0.3) is 5.91 Å². The number of nitrogens with zero attached hydrogens (tertiary/aromatic N) is 5. The summed E-state index contributed by atoms with van der Waals surface area (Å²) in [5.41, 5.74) is 5.03. The van der Waals surface area contributed by atoms with Crippen LogP contribution in [0.4, 0.5) is 0 Å². The van der Waals surface area contributed by atoms with E-state index in [4.69, 9.17) is 4.74 Å². The van der Waals surface area contributed by atoms with Crippen molar-refractivity contribution < 1.29 is 9.53 Å². The van der Waals surface area contributed by atoms with Gasteiger partial charge in [0.15, 0.2) is 11.0 Å². The number of halogens is 2. The van der Waals surface area contributed by atoms with E-state index >= 15 is 0 Å². The molecule has 0 aliphatic carbocycles. The lowest BCUT2D eigenvalue weighted by molar-refractivity contribution is -0.118. The van der Waals surface area contributed by atoms with Crippen molar-refractivity contribution in [1.29, 1.82) is 0 Å². The van der Waals surface area contributed by atoms with Crippen molar-refractivity contribution in [3.8, 4) is 22.8 Å². The number of rotatable bonds is 8. The first-order chi connectivity index (χ1) is 16.5. The molecule has 2 aromatic heterocycles. The van der Waals surface area contributed by atoms with E-state index in [9.17, 15) is 4.79 Å². The van der Waals surface area contributed by atoms with E-state index < -0.39 is 0 Å². The molecule has 0 atom stereocenters. The second kappa shape index (κ2) is 11.4. The number of thioether (sulfide) groups is 1. The maximum absolute atomic E-state index is 12.4. The molecule has 34 heavy (non-hydrogen) atoms. The van der Waals surface area contributed by atoms with Gasteiger partial charge in [-0.1, -0.05) is 43.6 Å². The number of nitrogens with one attached hydrogen (secondary N) is 1. The van der Waals surface area contributed by atoms with E-state index in [2.05, 4.69) is 57.6 Å². The highest BCUT2D eigenvalue weighted by Gasteiger charge is 2.17. The molecule has 4 aromatic rings. The second-order valence-corrected chi connectivity index (χ2v) is 9.60. The zero-order chi connectivity index (χ0) is 23.9. The summed E-state index contributed by atoms with van der Waals surface area (Å²) >= 11 is 8.15. The minimum atomic E-state index is -0.272. The number of hydrogen-bond donors (Lipinski definition) is 1. The van der Waals surface area contributed by atoms with Gasteiger partial charge in [0.2, 0.25) is 0 Å². The van der Waals surface area contributed by atoms with Crippen LogP contribution in [0.25, 0.3) is 17.1 Å². The summed E-state index contributed by atoms with van der Waals surface area (Å²) < 4.78 is 9.07. The number of ether oxygens (including phenoxy) is 1. The van der Waals surface area contributed by atoms with Gasteiger partial charge in [-0.2, -0.15) is 5.10 Å². The van der Waals surface area contributed by atoms with Crippen LogP contribution in [0.5, 0.6) is 5.75 Å². The fourth-order valence-corrected chi connectivity index (χ4v) is 4.40. The summed E-state index contributed by atoms with van der Waals surface area (Å²) in [6, 6.07) is 17.1. The number of hydrazone groups is 1. The SMILES string of the molecule is COc1ccc(Br)cc1/C=N\NC(=O)CSc1nnc(-c2ccncc2)n1-c1ccc(Br)cc1. The summed E-state index contributed by atoms with van der Waals surface area (Å²) in [4.78, 5) is 16.5. The van der Waals surface area contributed by atoms with Gasteiger partial charge < -0.3 is 4.74 Å². The number of methoxy groups -OCH3 is 1. The van der Waals surface area contributed by atoms with Crippen LogP contribution in [0.1, 0.15) is 5.56 Å². The molecule has 0 spiro atoms. The lowest BCUT2D eigenvalue weighted by Crippen LogP contribution is -2.20. The molecule has 0 unspecified atom stereocenters. The van der Waals surface area contributed by atoms with Crippen molar-refractivity contribution in [3.05, 3.63) is 81.5 Å². The van der Waals surface area contributed by atoms with Crippen LogP contribution >= 0.6 is 43.6 Å². The molecule has 0 radical (unpaired) electrons. The molecule has 1 N–H and O–H groups in total. The number of carbonyl (C=O) groups excluding carboxylic acids is 1. The zero-order valence-corrected chi connectivity index (χ0v) is 21.8. The zero-order valence-electron chi connectivity index (χ0n) is 17.9. The maximum atomic E-state index is 12.4. The van der Waals surface area contributed by atoms with Gasteiger partial charge in [-0.3, -0.25) is 14.3 Å². The standard InChI is InChI=1S/C23H18Br2N6O2S/c1-33-20-7-4-18(25)12-16(20)13-27-28-21(32)14-34-23-30-29-22(15-8-10-26-11-9-15)31(23)19-5-2-17(24)3-6-19/h2-13H,14H2,1H3,(H,28,32)/b27-13-. The van der Waals surface area contributed by atoms with E-state index in [1.54, 1.807) is 19.5 Å². The fraction of sp³-hybridized carbons (Fsp3) is 0.0870. The number of carbonyl (C=O) groups is 1. The van der Waals surface area contributed by atoms with Crippen LogP contribution in [0.2, 0.25) is 0 Å². The summed E-state index contributed by atoms with van der Waals surface area (Å²) in [6.07, 6.45) is 4.95. The second-order valence-electron chi connectivity index (χ2n) is 6.82. The van der Waals surface area contributed by atoms with Gasteiger partial charge in [0.05, 0.1) is 19.1 Å². The quantitative estimate of drug-likeness (QED) is 0.171. The molecular weight excluding hydrogens is 584 g/mol. The average Bonchev–Trinajstić information content (AvgIpc) is 3.28. The molecule has 2 heterocycles. The minimum absolute atomic E-state index is 0.109. The van der Waals surface area contributed by atoms with Crippen LogP contribution in [-0.4, -0.2) is 44.7 Å². The minimum Gasteiger partial charge on any atom is -0.496 e. The van der Waals surface area contributed by atoms with E-state index in [0.29, 0.717) is 16.7 Å². The van der Waals surface area contributed by atoms with Gasteiger partial charge >= 0.3 is 0 Å². The van der Waals surface area contributed by atoms with Crippen molar-refractivity contribution in [2.75, 3.05) is 12.9 Å². The van der Waals surface area contributed by atoms with E-state index in [-0.39, 0.29) is 11.7 Å². The number of pyridine rings is 1. The molecule has 0 saturated heterocycles. The molecule has 8 nitrogen and oxygen atoms in total. The molecule has 0 aliphatic rings. The Balaban J connectivity index is 1.50. The number of amides is 1. The first kappa shape index (κ1) is 24.1. The van der Waals surface area contributed by atoms with Crippen LogP contribution in [0.3, 0.4) is 0 Å². The molecule has 0 aliphatic heterocycles. The first-order valence-corrected chi connectivity index (χ1v) is 12.5. The van der Waals surface area contributed by atoms with Gasteiger partial charge in [0, 0.05) is 38.2 Å². The smallest absolute Gasteiger partial charge is 0.250 e. The Morgan fingerprint density at radius 1 is 1.09 bits per heavy atom. The summed E-state index contributed by atoms with van der Waals surface area (Å²) in [7, 11) is 1.58. The molecule has 172 valence electrons. The van der Waals surface area contributed by atoms with Crippen molar-refractivity contribution in [3.63, 3.8) is 0 Å². The van der Waals surface area contributed by atoms with Gasteiger partial charge in [0.1, 0.15) is 5.75 Å². The van der Waals surface area contributed by atoms with Crippen molar-refractivity contribution in [1.82, 2.24) is 25.2 Å². The number of aromatic nitrogens is 4. The highest BCUT2D eigenvalue weighted by atomic mass is 79.9. The Bertz CT molecular complexity index is 1310. The van der Waals surface area contributed by atoms with Gasteiger partial charge in [-0.15, -0.1) is 10.2 Å². The Hall–Kier alpha value is -3.02. The van der Waals surface area contributed by atoms with Gasteiger partial charge in [-0.05, 0) is 54.6 Å². The molecule has 11 heteroatoms. The Kier molecular flexibility index (Phi) is 8.09. The molecule has 2 aromatic carbocycles. The van der Waals surface area contributed by atoms with E-state index in [1.807, 2.05) is 59.2 Å². The predicted octanol–water partition coefficient (Wildman–Crippen LogP) is 5.11. The van der Waals surface area contributed by atoms with Crippen molar-refractivity contribution in [2.24, 2.45) is 5.10 Å². The van der Waals surface area contributed by atoms with Gasteiger partial charge in [-0.25, -0.2) is 5.43 Å². The summed E-state index contributed by atoms with van der Waals surface area (Å²) in [5.74, 6) is 1.15. The highest BCUT2D eigenvalue weighted by Crippen LogP contribution is 2.28. The maximum Gasteiger partial charge on any atom is 0.250 e. The van der Waals surface area contributed by atoms with Crippen molar-refractivity contribution in [2.45, 2.75) is 5.16 Å². The molecule has 0 saturated carbocycles. The third kappa shape index (κ3) is 5.91. The largest absolute Gasteiger partial charge is 0.496 e. The Labute approximate surface area is 217 Å². The predicted molar refractivity (Wildman–Crippen MR) is 139 cm³/mol. The molecule has 1 amide bonds. The number of benzene rings is 2. The average molecular weight is 602 g/mol. The monoisotopic (exact) mass is 600 g/mol. The Morgan fingerprint density at radius 3 is 2.56 bits per heavy atom. The van der Waals surface area contributed by atoms with Crippen LogP contribution < -0.4 is 10.2 Å². The lowest BCUT2D eigenvalue weighted by atomic mass is 10.2. The van der Waals surface area contributed by atoms with E-state index in [1.165, 1.54) is 18.0 Å². The third-order valence-electron chi connectivity index (χ3n) is 4.57. The highest BCUT2D eigenvalue weighted by molar-refractivity contribution is 9.10. The van der Waals surface area contributed by atoms with Crippen LogP contribution in [0.15, 0.2) is 86.2 Å². The normalized spacial score (nSPS) is 11.0. The van der Waals surface area contributed by atoms with Crippen LogP contribution in [-0.2, 0) is 4.79 Å². The lowest BCUT2D eigenvalue weighted by Gasteiger charge is -2.10. The molecular formula is C23H18Br2N6O2S. The number of hydrogen-bond acceptors (Lipinski definition) is 7. The van der Waals surface area contributed by atoms with Crippen LogP contribution in [0, 0.1) is 0 Å².